The zero-order valence-electron chi connectivity index (χ0n) is 9.92. The SMILES string of the molecule is O=C(CCc1ccccc1Cl)C1CCCNC1. The zero-order chi connectivity index (χ0) is 12.1. The van der Waals surface area contributed by atoms with Crippen LogP contribution in [0.2, 0.25) is 5.02 Å². The Morgan fingerprint density at radius 2 is 2.24 bits per heavy atom. The molecule has 0 aliphatic carbocycles. The number of ketones is 1. The Kier molecular flexibility index (Phi) is 4.57. The molecule has 92 valence electrons. The number of aryl methyl sites for hydroxylation is 1. The van der Waals surface area contributed by atoms with Gasteiger partial charge in [-0.1, -0.05) is 29.8 Å². The Balaban J connectivity index is 1.85. The highest BCUT2D eigenvalue weighted by Crippen LogP contribution is 2.19. The summed E-state index contributed by atoms with van der Waals surface area (Å²) >= 11 is 6.07. The molecule has 1 aromatic carbocycles. The largest absolute Gasteiger partial charge is 0.316 e. The van der Waals surface area contributed by atoms with Crippen LogP contribution in [0.15, 0.2) is 24.3 Å². The van der Waals surface area contributed by atoms with Crippen LogP contribution in [0.3, 0.4) is 0 Å². The minimum absolute atomic E-state index is 0.214. The average Bonchev–Trinajstić information content (AvgIpc) is 2.38. The Morgan fingerprint density at radius 1 is 1.41 bits per heavy atom. The summed E-state index contributed by atoms with van der Waals surface area (Å²) in [5.41, 5.74) is 1.08. The molecule has 1 unspecified atom stereocenters. The summed E-state index contributed by atoms with van der Waals surface area (Å²) in [6, 6.07) is 7.75. The number of Topliss-reactive ketones (excluding diaryl/α,β-unsaturated/α-hetero) is 1. The quantitative estimate of drug-likeness (QED) is 0.892. The van der Waals surface area contributed by atoms with E-state index in [9.17, 15) is 4.79 Å². The van der Waals surface area contributed by atoms with Gasteiger partial charge in [0.25, 0.3) is 0 Å². The summed E-state index contributed by atoms with van der Waals surface area (Å²) in [6.07, 6.45) is 3.52. The lowest BCUT2D eigenvalue weighted by Gasteiger charge is -2.21. The molecular weight excluding hydrogens is 234 g/mol. The molecule has 0 bridgehead atoms. The Bertz CT molecular complexity index is 386. The van der Waals surface area contributed by atoms with Crippen molar-refractivity contribution in [2.24, 2.45) is 5.92 Å². The highest BCUT2D eigenvalue weighted by atomic mass is 35.5. The van der Waals surface area contributed by atoms with Crippen LogP contribution in [0, 0.1) is 5.92 Å². The van der Waals surface area contributed by atoms with Gasteiger partial charge in [-0.05, 0) is 37.4 Å². The fraction of sp³-hybridized carbons (Fsp3) is 0.500. The van der Waals surface area contributed by atoms with E-state index in [1.807, 2.05) is 24.3 Å². The van der Waals surface area contributed by atoms with E-state index in [0.29, 0.717) is 12.2 Å². The Morgan fingerprint density at radius 3 is 2.94 bits per heavy atom. The molecule has 1 fully saturated rings. The van der Waals surface area contributed by atoms with Crippen LogP contribution in [-0.2, 0) is 11.2 Å². The molecule has 0 aromatic heterocycles. The van der Waals surface area contributed by atoms with E-state index in [4.69, 9.17) is 11.6 Å². The van der Waals surface area contributed by atoms with Gasteiger partial charge in [0.1, 0.15) is 5.78 Å². The molecule has 1 aliphatic heterocycles. The van der Waals surface area contributed by atoms with Crippen molar-refractivity contribution in [1.82, 2.24) is 5.32 Å². The fourth-order valence-electron chi connectivity index (χ4n) is 2.29. The minimum Gasteiger partial charge on any atom is -0.316 e. The van der Waals surface area contributed by atoms with E-state index in [1.54, 1.807) is 0 Å². The molecule has 1 aliphatic rings. The summed E-state index contributed by atoms with van der Waals surface area (Å²) in [7, 11) is 0. The fourth-order valence-corrected chi connectivity index (χ4v) is 2.52. The number of piperidine rings is 1. The van der Waals surface area contributed by atoms with Crippen molar-refractivity contribution >= 4 is 17.4 Å². The third kappa shape index (κ3) is 3.55. The molecule has 0 amide bonds. The van der Waals surface area contributed by atoms with Crippen LogP contribution in [-0.4, -0.2) is 18.9 Å². The third-order valence-electron chi connectivity index (χ3n) is 3.35. The molecule has 1 saturated heterocycles. The lowest BCUT2D eigenvalue weighted by molar-refractivity contribution is -0.123. The predicted molar refractivity (Wildman–Crippen MR) is 70.4 cm³/mol. The predicted octanol–water partition coefficient (Wildman–Crippen LogP) is 2.84. The van der Waals surface area contributed by atoms with Crippen molar-refractivity contribution in [3.8, 4) is 0 Å². The normalized spacial score (nSPS) is 20.2. The van der Waals surface area contributed by atoms with Crippen molar-refractivity contribution in [3.05, 3.63) is 34.9 Å². The summed E-state index contributed by atoms with van der Waals surface area (Å²) in [6.45, 7) is 1.90. The maximum Gasteiger partial charge on any atom is 0.137 e. The molecule has 3 heteroatoms. The first-order valence-electron chi connectivity index (χ1n) is 6.24. The first-order chi connectivity index (χ1) is 8.27. The van der Waals surface area contributed by atoms with Crippen LogP contribution >= 0.6 is 11.6 Å². The molecule has 1 atom stereocenters. The molecule has 2 rings (SSSR count). The number of hydrogen-bond donors (Lipinski definition) is 1. The zero-order valence-corrected chi connectivity index (χ0v) is 10.7. The smallest absolute Gasteiger partial charge is 0.137 e. The number of carbonyl (C=O) groups is 1. The standard InChI is InChI=1S/C14H18ClNO/c15-13-6-2-1-4-11(13)7-8-14(17)12-5-3-9-16-10-12/h1-2,4,6,12,16H,3,5,7-10H2. The van der Waals surface area contributed by atoms with Crippen molar-refractivity contribution in [2.75, 3.05) is 13.1 Å². The Hall–Kier alpha value is -0.860. The van der Waals surface area contributed by atoms with Gasteiger partial charge in [0.15, 0.2) is 0 Å². The van der Waals surface area contributed by atoms with Crippen LogP contribution in [0.1, 0.15) is 24.8 Å². The topological polar surface area (TPSA) is 29.1 Å². The second kappa shape index (κ2) is 6.18. The van der Waals surface area contributed by atoms with Gasteiger partial charge >= 0.3 is 0 Å². The molecule has 17 heavy (non-hydrogen) atoms. The molecule has 0 radical (unpaired) electrons. The summed E-state index contributed by atoms with van der Waals surface area (Å²) < 4.78 is 0. The molecule has 0 saturated carbocycles. The summed E-state index contributed by atoms with van der Waals surface area (Å²) in [5, 5.41) is 4.04. The third-order valence-corrected chi connectivity index (χ3v) is 3.72. The van der Waals surface area contributed by atoms with E-state index in [2.05, 4.69) is 5.32 Å². The highest BCUT2D eigenvalue weighted by molar-refractivity contribution is 6.31. The van der Waals surface area contributed by atoms with Crippen LogP contribution < -0.4 is 5.32 Å². The van der Waals surface area contributed by atoms with Crippen LogP contribution in [0.25, 0.3) is 0 Å². The maximum atomic E-state index is 12.0. The van der Waals surface area contributed by atoms with Gasteiger partial charge in [-0.15, -0.1) is 0 Å². The van der Waals surface area contributed by atoms with Gasteiger partial charge in [-0.3, -0.25) is 4.79 Å². The number of nitrogens with one attached hydrogen (secondary N) is 1. The van der Waals surface area contributed by atoms with Crippen LogP contribution in [0.5, 0.6) is 0 Å². The average molecular weight is 252 g/mol. The van der Waals surface area contributed by atoms with Gasteiger partial charge in [0, 0.05) is 23.9 Å². The first kappa shape index (κ1) is 12.6. The van der Waals surface area contributed by atoms with E-state index in [1.165, 1.54) is 0 Å². The van der Waals surface area contributed by atoms with E-state index < -0.39 is 0 Å². The first-order valence-corrected chi connectivity index (χ1v) is 6.62. The molecule has 1 heterocycles. The molecular formula is C14H18ClNO. The van der Waals surface area contributed by atoms with Gasteiger partial charge < -0.3 is 5.32 Å². The number of carbonyl (C=O) groups excluding carboxylic acids is 1. The minimum atomic E-state index is 0.214. The Labute approximate surface area is 107 Å². The van der Waals surface area contributed by atoms with E-state index in [0.717, 1.165) is 42.9 Å². The summed E-state index contributed by atoms with van der Waals surface area (Å²) in [5.74, 6) is 0.586. The van der Waals surface area contributed by atoms with Gasteiger partial charge in [-0.2, -0.15) is 0 Å². The molecule has 1 aromatic rings. The highest BCUT2D eigenvalue weighted by Gasteiger charge is 2.20. The second-order valence-corrected chi connectivity index (χ2v) is 5.01. The monoisotopic (exact) mass is 251 g/mol. The number of benzene rings is 1. The number of rotatable bonds is 4. The second-order valence-electron chi connectivity index (χ2n) is 4.60. The van der Waals surface area contributed by atoms with Gasteiger partial charge in [0.05, 0.1) is 0 Å². The molecule has 2 nitrogen and oxygen atoms in total. The van der Waals surface area contributed by atoms with E-state index >= 15 is 0 Å². The molecule has 1 N–H and O–H groups in total. The van der Waals surface area contributed by atoms with Crippen LogP contribution in [0.4, 0.5) is 0 Å². The lowest BCUT2D eigenvalue weighted by atomic mass is 9.91. The lowest BCUT2D eigenvalue weighted by Crippen LogP contribution is -2.34. The number of hydrogen-bond acceptors (Lipinski definition) is 2. The van der Waals surface area contributed by atoms with Crippen molar-refractivity contribution in [3.63, 3.8) is 0 Å². The number of halogens is 1. The van der Waals surface area contributed by atoms with E-state index in [-0.39, 0.29) is 5.92 Å². The van der Waals surface area contributed by atoms with Crippen molar-refractivity contribution in [1.29, 1.82) is 0 Å². The summed E-state index contributed by atoms with van der Waals surface area (Å²) in [4.78, 5) is 12.0. The van der Waals surface area contributed by atoms with Crippen molar-refractivity contribution in [2.45, 2.75) is 25.7 Å². The van der Waals surface area contributed by atoms with Crippen molar-refractivity contribution < 1.29 is 4.79 Å². The van der Waals surface area contributed by atoms with Gasteiger partial charge in [0.2, 0.25) is 0 Å². The molecule has 0 spiro atoms. The van der Waals surface area contributed by atoms with Gasteiger partial charge in [-0.25, -0.2) is 0 Å². The maximum absolute atomic E-state index is 12.0.